The molecule has 1 N–H and O–H groups in total. The summed E-state index contributed by atoms with van der Waals surface area (Å²) < 4.78 is 17.1. The van der Waals surface area contributed by atoms with Crippen molar-refractivity contribution in [1.82, 2.24) is 20.0 Å². The molecule has 0 aliphatic heterocycles. The van der Waals surface area contributed by atoms with Crippen LogP contribution < -0.4 is 10.1 Å². The van der Waals surface area contributed by atoms with Gasteiger partial charge >= 0.3 is 6.09 Å². The number of hydrogen-bond acceptors (Lipinski definition) is 6. The van der Waals surface area contributed by atoms with Crippen molar-refractivity contribution in [3.8, 4) is 17.4 Å². The van der Waals surface area contributed by atoms with Crippen LogP contribution in [0.3, 0.4) is 0 Å². The van der Waals surface area contributed by atoms with Gasteiger partial charge in [-0.2, -0.15) is 0 Å². The van der Waals surface area contributed by atoms with Crippen LogP contribution in [-0.2, 0) is 6.54 Å². The summed E-state index contributed by atoms with van der Waals surface area (Å²) in [4.78, 5) is 15.6. The van der Waals surface area contributed by atoms with Gasteiger partial charge < -0.3 is 23.6 Å². The number of rotatable bonds is 6. The number of aryl methyl sites for hydroxylation is 1. The summed E-state index contributed by atoms with van der Waals surface area (Å²) in [6, 6.07) is 4.94. The molecule has 0 saturated carbocycles. The number of amides is 1. The topological polar surface area (TPSA) is 95.3 Å². The van der Waals surface area contributed by atoms with Crippen molar-refractivity contribution in [2.75, 3.05) is 6.54 Å². The first-order valence-electron chi connectivity index (χ1n) is 6.73. The van der Waals surface area contributed by atoms with Crippen LogP contribution in [0.5, 0.6) is 5.88 Å². The Morgan fingerprint density at radius 1 is 1.41 bits per heavy atom. The number of furan rings is 1. The molecule has 0 spiro atoms. The SMILES string of the molecule is O=C(NCCCn1ccnc1)Oc1cc(-c2ccco2)on1. The second-order valence-corrected chi connectivity index (χ2v) is 4.48. The molecule has 0 fully saturated rings. The smallest absolute Gasteiger partial charge is 0.414 e. The van der Waals surface area contributed by atoms with Gasteiger partial charge in [0, 0.05) is 25.5 Å². The Morgan fingerprint density at radius 3 is 3.14 bits per heavy atom. The largest absolute Gasteiger partial charge is 0.461 e. The third kappa shape index (κ3) is 3.54. The summed E-state index contributed by atoms with van der Waals surface area (Å²) in [5.41, 5.74) is 0. The van der Waals surface area contributed by atoms with Crippen LogP contribution in [0, 0.1) is 0 Å². The van der Waals surface area contributed by atoms with Crippen molar-refractivity contribution in [3.63, 3.8) is 0 Å². The Labute approximate surface area is 125 Å². The maximum absolute atomic E-state index is 11.6. The highest BCUT2D eigenvalue weighted by Crippen LogP contribution is 2.23. The molecular weight excluding hydrogens is 288 g/mol. The number of carbonyl (C=O) groups is 1. The zero-order valence-electron chi connectivity index (χ0n) is 11.6. The predicted molar refractivity (Wildman–Crippen MR) is 75.1 cm³/mol. The quantitative estimate of drug-likeness (QED) is 0.702. The fraction of sp³-hybridized carbons (Fsp3) is 0.214. The average molecular weight is 302 g/mol. The van der Waals surface area contributed by atoms with Gasteiger partial charge in [0.2, 0.25) is 5.76 Å². The van der Waals surface area contributed by atoms with E-state index in [1.54, 1.807) is 24.7 Å². The maximum Gasteiger partial charge on any atom is 0.414 e. The van der Waals surface area contributed by atoms with Crippen LogP contribution in [-0.4, -0.2) is 27.3 Å². The van der Waals surface area contributed by atoms with Crippen LogP contribution in [0.15, 0.2) is 52.1 Å². The number of aromatic nitrogens is 3. The Balaban J connectivity index is 1.42. The zero-order chi connectivity index (χ0) is 15.2. The fourth-order valence-electron chi connectivity index (χ4n) is 1.84. The van der Waals surface area contributed by atoms with E-state index in [1.165, 1.54) is 12.3 Å². The highest BCUT2D eigenvalue weighted by atomic mass is 16.6. The van der Waals surface area contributed by atoms with E-state index in [-0.39, 0.29) is 5.88 Å². The molecule has 0 aliphatic carbocycles. The van der Waals surface area contributed by atoms with Gasteiger partial charge in [-0.1, -0.05) is 0 Å². The molecule has 0 aliphatic rings. The van der Waals surface area contributed by atoms with Gasteiger partial charge in [0.05, 0.1) is 18.7 Å². The zero-order valence-corrected chi connectivity index (χ0v) is 11.6. The third-order valence-corrected chi connectivity index (χ3v) is 2.87. The minimum Gasteiger partial charge on any atom is -0.461 e. The number of hydrogen-bond donors (Lipinski definition) is 1. The fourth-order valence-corrected chi connectivity index (χ4v) is 1.84. The summed E-state index contributed by atoms with van der Waals surface area (Å²) in [6.45, 7) is 1.26. The number of ether oxygens (including phenoxy) is 1. The molecule has 1 amide bonds. The van der Waals surface area contributed by atoms with Crippen molar-refractivity contribution in [1.29, 1.82) is 0 Å². The van der Waals surface area contributed by atoms with Gasteiger partial charge in [-0.05, 0) is 23.7 Å². The lowest BCUT2D eigenvalue weighted by molar-refractivity contribution is 0.195. The first kappa shape index (κ1) is 13.9. The van der Waals surface area contributed by atoms with Crippen molar-refractivity contribution < 1.29 is 18.5 Å². The molecule has 0 unspecified atom stereocenters. The molecule has 0 atom stereocenters. The van der Waals surface area contributed by atoms with Gasteiger partial charge in [-0.25, -0.2) is 9.78 Å². The highest BCUT2D eigenvalue weighted by Gasteiger charge is 2.12. The molecule has 0 bridgehead atoms. The minimum absolute atomic E-state index is 0.0820. The number of nitrogens with one attached hydrogen (secondary N) is 1. The van der Waals surface area contributed by atoms with Gasteiger partial charge in [0.1, 0.15) is 0 Å². The van der Waals surface area contributed by atoms with Crippen molar-refractivity contribution in [2.45, 2.75) is 13.0 Å². The normalized spacial score (nSPS) is 10.5. The molecule has 8 nitrogen and oxygen atoms in total. The Kier molecular flexibility index (Phi) is 4.19. The molecule has 0 radical (unpaired) electrons. The lowest BCUT2D eigenvalue weighted by atomic mass is 10.3. The molecule has 3 heterocycles. The molecule has 3 aromatic heterocycles. The van der Waals surface area contributed by atoms with E-state index in [4.69, 9.17) is 13.7 Å². The third-order valence-electron chi connectivity index (χ3n) is 2.87. The average Bonchev–Trinajstić information content (AvgIpc) is 3.24. The minimum atomic E-state index is -0.579. The van der Waals surface area contributed by atoms with Crippen LogP contribution >= 0.6 is 0 Å². The van der Waals surface area contributed by atoms with Crippen LogP contribution in [0.4, 0.5) is 4.79 Å². The van der Waals surface area contributed by atoms with Crippen LogP contribution in [0.2, 0.25) is 0 Å². The lowest BCUT2D eigenvalue weighted by Gasteiger charge is -2.04. The number of imidazole rings is 1. The van der Waals surface area contributed by atoms with E-state index >= 15 is 0 Å². The summed E-state index contributed by atoms with van der Waals surface area (Å²) >= 11 is 0. The van der Waals surface area contributed by atoms with E-state index in [1.807, 2.05) is 10.8 Å². The van der Waals surface area contributed by atoms with Crippen LogP contribution in [0.25, 0.3) is 11.5 Å². The summed E-state index contributed by atoms with van der Waals surface area (Å²) in [7, 11) is 0. The van der Waals surface area contributed by atoms with Crippen molar-refractivity contribution >= 4 is 6.09 Å². The molecule has 3 rings (SSSR count). The van der Waals surface area contributed by atoms with E-state index in [9.17, 15) is 4.79 Å². The number of nitrogens with zero attached hydrogens (tertiary/aromatic N) is 3. The standard InChI is InChI=1S/C14H14N4O4/c19-14(16-4-2-6-18-7-5-15-10-18)21-13-9-12(22-17-13)11-3-1-8-20-11/h1,3,5,7-10H,2,4,6H2,(H,16,19). The summed E-state index contributed by atoms with van der Waals surface area (Å²) in [5.74, 6) is 0.995. The van der Waals surface area contributed by atoms with Crippen LogP contribution in [0.1, 0.15) is 6.42 Å². The van der Waals surface area contributed by atoms with Gasteiger partial charge in [0.15, 0.2) is 5.76 Å². The predicted octanol–water partition coefficient (Wildman–Crippen LogP) is 2.31. The molecule has 22 heavy (non-hydrogen) atoms. The monoisotopic (exact) mass is 302 g/mol. The van der Waals surface area contributed by atoms with Crippen molar-refractivity contribution in [3.05, 3.63) is 43.2 Å². The Hall–Kier alpha value is -3.03. The summed E-state index contributed by atoms with van der Waals surface area (Å²) in [5, 5.41) is 6.29. The van der Waals surface area contributed by atoms with Gasteiger partial charge in [-0.3, -0.25) is 0 Å². The van der Waals surface area contributed by atoms with Crippen molar-refractivity contribution in [2.24, 2.45) is 0 Å². The van der Waals surface area contributed by atoms with E-state index in [2.05, 4.69) is 15.5 Å². The highest BCUT2D eigenvalue weighted by molar-refractivity contribution is 5.70. The van der Waals surface area contributed by atoms with Gasteiger partial charge in [-0.15, -0.1) is 0 Å². The molecule has 3 aromatic rings. The maximum atomic E-state index is 11.6. The van der Waals surface area contributed by atoms with E-state index in [0.29, 0.717) is 18.1 Å². The second-order valence-electron chi connectivity index (χ2n) is 4.48. The van der Waals surface area contributed by atoms with Gasteiger partial charge in [0.25, 0.3) is 5.88 Å². The Morgan fingerprint density at radius 2 is 2.36 bits per heavy atom. The first-order valence-corrected chi connectivity index (χ1v) is 6.73. The molecular formula is C14H14N4O4. The van der Waals surface area contributed by atoms with E-state index < -0.39 is 6.09 Å². The molecule has 114 valence electrons. The lowest BCUT2D eigenvalue weighted by Crippen LogP contribution is -2.28. The molecule has 0 aromatic carbocycles. The summed E-state index contributed by atoms with van der Waals surface area (Å²) in [6.07, 6.45) is 7.01. The molecule has 8 heteroatoms. The first-order chi connectivity index (χ1) is 10.8. The number of carbonyl (C=O) groups excluding carboxylic acids is 1. The van der Waals surface area contributed by atoms with E-state index in [0.717, 1.165) is 13.0 Å². The second kappa shape index (κ2) is 6.61. The Bertz CT molecular complexity index is 703. The molecule has 0 saturated heterocycles.